The second-order valence-electron chi connectivity index (χ2n) is 9.22. The Morgan fingerprint density at radius 3 is 2.08 bits per heavy atom. The van der Waals surface area contributed by atoms with Gasteiger partial charge in [-0.2, -0.15) is 11.8 Å². The number of amides is 3. The van der Waals surface area contributed by atoms with Crippen molar-refractivity contribution in [2.24, 2.45) is 28.1 Å². The predicted octanol–water partition coefficient (Wildman–Crippen LogP) is -0.442. The summed E-state index contributed by atoms with van der Waals surface area (Å²) >= 11 is 1.48. The van der Waals surface area contributed by atoms with Crippen molar-refractivity contribution in [1.82, 2.24) is 16.0 Å². The van der Waals surface area contributed by atoms with E-state index in [0.29, 0.717) is 12.2 Å². The van der Waals surface area contributed by atoms with Gasteiger partial charge in [0.05, 0.1) is 6.04 Å². The second kappa shape index (κ2) is 17.2. The van der Waals surface area contributed by atoms with E-state index in [-0.39, 0.29) is 37.7 Å². The first-order valence-electron chi connectivity index (χ1n) is 12.4. The van der Waals surface area contributed by atoms with Gasteiger partial charge in [0.2, 0.25) is 17.7 Å². The Hall–Kier alpha value is -3.32. The zero-order valence-electron chi connectivity index (χ0n) is 22.2. The van der Waals surface area contributed by atoms with E-state index < -0.39 is 47.9 Å². The highest BCUT2D eigenvalue weighted by Gasteiger charge is 2.31. The van der Waals surface area contributed by atoms with Crippen molar-refractivity contribution in [3.05, 3.63) is 35.9 Å². The van der Waals surface area contributed by atoms with Crippen LogP contribution in [-0.2, 0) is 25.6 Å². The average Bonchev–Trinajstić information content (AvgIpc) is 2.86. The number of guanidine groups is 1. The lowest BCUT2D eigenvalue weighted by Gasteiger charge is -2.26. The molecule has 12 nitrogen and oxygen atoms in total. The number of carboxylic acids is 1. The van der Waals surface area contributed by atoms with Crippen molar-refractivity contribution in [2.45, 2.75) is 63.7 Å². The van der Waals surface area contributed by atoms with Gasteiger partial charge in [-0.05, 0) is 49.2 Å². The molecule has 0 radical (unpaired) electrons. The van der Waals surface area contributed by atoms with Crippen LogP contribution in [0.5, 0.6) is 0 Å². The molecule has 4 atom stereocenters. The standard InChI is InChI=1S/C25H41N7O5S/c1-15(2)20(24(36)37)32-23(35)19(11-13-38-3)31-22(34)18(10-7-12-29-25(27)28)30-21(33)17(26)14-16-8-5-4-6-9-16/h4-6,8-9,15,17-20H,7,10-14,26H2,1-3H3,(H,30,33)(H,31,34)(H,32,35)(H,36,37)(H4,27,28,29). The summed E-state index contributed by atoms with van der Waals surface area (Å²) in [5.41, 5.74) is 17.7. The Balaban J connectivity index is 3.00. The van der Waals surface area contributed by atoms with Gasteiger partial charge in [0.1, 0.15) is 18.1 Å². The van der Waals surface area contributed by atoms with Gasteiger partial charge < -0.3 is 38.3 Å². The molecule has 1 rings (SSSR count). The van der Waals surface area contributed by atoms with Gasteiger partial charge in [0.15, 0.2) is 5.96 Å². The summed E-state index contributed by atoms with van der Waals surface area (Å²) in [5, 5.41) is 17.3. The molecule has 212 valence electrons. The molecule has 0 saturated carbocycles. The quantitative estimate of drug-likeness (QED) is 0.0757. The molecular formula is C25H41N7O5S. The highest BCUT2D eigenvalue weighted by molar-refractivity contribution is 7.98. The first-order chi connectivity index (χ1) is 18.0. The monoisotopic (exact) mass is 551 g/mol. The average molecular weight is 552 g/mol. The van der Waals surface area contributed by atoms with Crippen molar-refractivity contribution in [3.63, 3.8) is 0 Å². The van der Waals surface area contributed by atoms with Gasteiger partial charge in [0.25, 0.3) is 0 Å². The van der Waals surface area contributed by atoms with E-state index in [4.69, 9.17) is 17.2 Å². The van der Waals surface area contributed by atoms with Gasteiger partial charge in [-0.15, -0.1) is 0 Å². The van der Waals surface area contributed by atoms with Crippen LogP contribution in [0, 0.1) is 5.92 Å². The fourth-order valence-electron chi connectivity index (χ4n) is 3.56. The summed E-state index contributed by atoms with van der Waals surface area (Å²) in [5.74, 6) is -2.80. The van der Waals surface area contributed by atoms with Gasteiger partial charge >= 0.3 is 5.97 Å². The summed E-state index contributed by atoms with van der Waals surface area (Å²) in [7, 11) is 0. The topological polar surface area (TPSA) is 215 Å². The first-order valence-corrected chi connectivity index (χ1v) is 13.8. The summed E-state index contributed by atoms with van der Waals surface area (Å²) in [6.07, 6.45) is 2.96. The number of benzene rings is 1. The molecule has 13 heteroatoms. The molecular weight excluding hydrogens is 510 g/mol. The molecule has 0 aliphatic rings. The summed E-state index contributed by atoms with van der Waals surface area (Å²) in [6, 6.07) is 5.23. The van der Waals surface area contributed by atoms with Crippen molar-refractivity contribution < 1.29 is 24.3 Å². The number of aliphatic imine (C=N–C) groups is 1. The van der Waals surface area contributed by atoms with E-state index in [0.717, 1.165) is 5.56 Å². The normalized spacial score (nSPS) is 14.0. The molecule has 0 aromatic heterocycles. The molecule has 0 fully saturated rings. The van der Waals surface area contributed by atoms with Crippen LogP contribution in [-0.4, -0.2) is 77.5 Å². The van der Waals surface area contributed by atoms with Crippen LogP contribution in [0.15, 0.2) is 35.3 Å². The molecule has 0 heterocycles. The second-order valence-corrected chi connectivity index (χ2v) is 10.2. The van der Waals surface area contributed by atoms with E-state index in [1.54, 1.807) is 13.8 Å². The lowest BCUT2D eigenvalue weighted by molar-refractivity contribution is -0.143. The van der Waals surface area contributed by atoms with Crippen molar-refractivity contribution in [1.29, 1.82) is 0 Å². The first kappa shape index (κ1) is 32.7. The maximum atomic E-state index is 13.3. The summed E-state index contributed by atoms with van der Waals surface area (Å²) in [4.78, 5) is 54.5. The minimum absolute atomic E-state index is 0.0909. The van der Waals surface area contributed by atoms with Gasteiger partial charge in [-0.1, -0.05) is 44.2 Å². The molecule has 10 N–H and O–H groups in total. The predicted molar refractivity (Wildman–Crippen MR) is 149 cm³/mol. The van der Waals surface area contributed by atoms with Crippen LogP contribution >= 0.6 is 11.8 Å². The Labute approximate surface area is 227 Å². The lowest BCUT2D eigenvalue weighted by atomic mass is 10.0. The lowest BCUT2D eigenvalue weighted by Crippen LogP contribution is -2.57. The number of carbonyl (C=O) groups is 4. The SMILES string of the molecule is CSCCC(NC(=O)C(CCCN=C(N)N)NC(=O)C(N)Cc1ccccc1)C(=O)NC(C(=O)O)C(C)C. The Kier molecular flexibility index (Phi) is 14.8. The largest absolute Gasteiger partial charge is 0.480 e. The third-order valence-electron chi connectivity index (χ3n) is 5.69. The maximum Gasteiger partial charge on any atom is 0.326 e. The number of hydrogen-bond acceptors (Lipinski definition) is 7. The molecule has 1 aromatic carbocycles. The number of nitrogens with two attached hydrogens (primary N) is 3. The fourth-order valence-corrected chi connectivity index (χ4v) is 4.03. The molecule has 4 unspecified atom stereocenters. The molecule has 0 spiro atoms. The fraction of sp³-hybridized carbons (Fsp3) is 0.560. The van der Waals surface area contributed by atoms with Crippen LogP contribution in [0.3, 0.4) is 0 Å². The summed E-state index contributed by atoms with van der Waals surface area (Å²) in [6.45, 7) is 3.59. The number of thioether (sulfide) groups is 1. The van der Waals surface area contributed by atoms with Crippen LogP contribution in [0.1, 0.15) is 38.7 Å². The molecule has 3 amide bonds. The highest BCUT2D eigenvalue weighted by Crippen LogP contribution is 2.08. The van der Waals surface area contributed by atoms with Gasteiger partial charge in [0, 0.05) is 6.54 Å². The zero-order valence-corrected chi connectivity index (χ0v) is 23.0. The maximum absolute atomic E-state index is 13.3. The number of carboxylic acid groups (broad SMARTS) is 1. The van der Waals surface area contributed by atoms with Gasteiger partial charge in [-0.3, -0.25) is 19.4 Å². The third-order valence-corrected chi connectivity index (χ3v) is 6.33. The molecule has 0 aliphatic carbocycles. The summed E-state index contributed by atoms with van der Waals surface area (Å²) < 4.78 is 0. The zero-order chi connectivity index (χ0) is 28.7. The Morgan fingerprint density at radius 2 is 1.53 bits per heavy atom. The van der Waals surface area contributed by atoms with Crippen molar-refractivity contribution in [3.8, 4) is 0 Å². The number of rotatable bonds is 17. The molecule has 38 heavy (non-hydrogen) atoms. The van der Waals surface area contributed by atoms with Crippen LogP contribution in [0.2, 0.25) is 0 Å². The van der Waals surface area contributed by atoms with Crippen molar-refractivity contribution >= 4 is 41.4 Å². The van der Waals surface area contributed by atoms with Crippen LogP contribution < -0.4 is 33.2 Å². The molecule has 1 aromatic rings. The number of aliphatic carboxylic acids is 1. The van der Waals surface area contributed by atoms with E-state index in [9.17, 15) is 24.3 Å². The minimum atomic E-state index is -1.17. The van der Waals surface area contributed by atoms with E-state index >= 15 is 0 Å². The van der Waals surface area contributed by atoms with Crippen LogP contribution in [0.25, 0.3) is 0 Å². The molecule has 0 aliphatic heterocycles. The Bertz CT molecular complexity index is 941. The minimum Gasteiger partial charge on any atom is -0.480 e. The number of nitrogens with one attached hydrogen (secondary N) is 3. The smallest absolute Gasteiger partial charge is 0.326 e. The number of nitrogens with zero attached hydrogens (tertiary/aromatic N) is 1. The van der Waals surface area contributed by atoms with Crippen molar-refractivity contribution in [2.75, 3.05) is 18.6 Å². The number of hydrogen-bond donors (Lipinski definition) is 7. The molecule has 0 saturated heterocycles. The molecule has 0 bridgehead atoms. The van der Waals surface area contributed by atoms with E-state index in [2.05, 4.69) is 20.9 Å². The van der Waals surface area contributed by atoms with Gasteiger partial charge in [-0.25, -0.2) is 4.79 Å². The highest BCUT2D eigenvalue weighted by atomic mass is 32.2. The van der Waals surface area contributed by atoms with Crippen LogP contribution in [0.4, 0.5) is 0 Å². The van der Waals surface area contributed by atoms with E-state index in [1.807, 2.05) is 36.6 Å². The third kappa shape index (κ3) is 12.3. The van der Waals surface area contributed by atoms with E-state index in [1.165, 1.54) is 11.8 Å². The Morgan fingerprint density at radius 1 is 0.947 bits per heavy atom. The number of carbonyl (C=O) groups excluding carboxylic acids is 3.